The maximum atomic E-state index is 6.06. The van der Waals surface area contributed by atoms with Crippen LogP contribution in [-0.4, -0.2) is 30.0 Å². The third-order valence-electron chi connectivity index (χ3n) is 4.30. The van der Waals surface area contributed by atoms with Gasteiger partial charge < -0.3 is 10.6 Å². The van der Waals surface area contributed by atoms with E-state index in [0.717, 1.165) is 12.8 Å². The van der Waals surface area contributed by atoms with Crippen LogP contribution in [0.2, 0.25) is 10.0 Å². The minimum absolute atomic E-state index is 0. The topological polar surface area (TPSA) is 41.6 Å². The van der Waals surface area contributed by atoms with Gasteiger partial charge in [-0.1, -0.05) is 29.3 Å². The molecule has 116 valence electrons. The molecule has 2 fully saturated rings. The normalized spacial score (nSPS) is 25.0. The molecule has 2 aliphatic carbocycles. The van der Waals surface area contributed by atoms with Crippen LogP contribution in [-0.2, 0) is 0 Å². The number of nitrogens with two attached hydrogens (primary N) is 1. The molecule has 1 aromatic carbocycles. The number of benzene rings is 1. The second-order valence-corrected chi connectivity index (χ2v) is 6.64. The molecule has 0 bridgehead atoms. The summed E-state index contributed by atoms with van der Waals surface area (Å²) in [5.74, 6) is 1.21. The van der Waals surface area contributed by atoms with Crippen LogP contribution < -0.4 is 5.73 Å². The smallest absolute Gasteiger partial charge is 0.191 e. The Labute approximate surface area is 152 Å². The molecule has 0 aromatic heterocycles. The molecule has 0 unspecified atom stereocenters. The predicted octanol–water partition coefficient (Wildman–Crippen LogP) is 4.27. The molecule has 1 aromatic rings. The van der Waals surface area contributed by atoms with Crippen molar-refractivity contribution in [2.45, 2.75) is 43.7 Å². The monoisotopic (exact) mass is 439 g/mol. The van der Waals surface area contributed by atoms with Crippen LogP contribution in [0.4, 0.5) is 0 Å². The summed E-state index contributed by atoms with van der Waals surface area (Å²) in [7, 11) is 2.03. The van der Waals surface area contributed by atoms with E-state index in [-0.39, 0.29) is 24.0 Å². The fraction of sp³-hybridized carbons (Fsp3) is 0.533. The fourth-order valence-corrected chi connectivity index (χ4v) is 2.97. The summed E-state index contributed by atoms with van der Waals surface area (Å²) in [5.41, 5.74) is 7.28. The second kappa shape index (κ2) is 6.92. The van der Waals surface area contributed by atoms with Crippen molar-refractivity contribution in [3.63, 3.8) is 0 Å². The summed E-state index contributed by atoms with van der Waals surface area (Å²) in [4.78, 5) is 6.72. The van der Waals surface area contributed by atoms with Gasteiger partial charge in [0.25, 0.3) is 0 Å². The number of hydrogen-bond acceptors (Lipinski definition) is 1. The first-order chi connectivity index (χ1) is 9.54. The summed E-state index contributed by atoms with van der Waals surface area (Å²) >= 11 is 12.0. The van der Waals surface area contributed by atoms with E-state index in [4.69, 9.17) is 28.9 Å². The molecule has 21 heavy (non-hydrogen) atoms. The van der Waals surface area contributed by atoms with Crippen LogP contribution >= 0.6 is 47.2 Å². The Bertz CT molecular complexity index is 540. The minimum Gasteiger partial charge on any atom is -0.370 e. The Balaban J connectivity index is 0.00000161. The van der Waals surface area contributed by atoms with Crippen LogP contribution in [0.15, 0.2) is 23.2 Å². The number of guanidine groups is 1. The fourth-order valence-electron chi connectivity index (χ4n) is 2.66. The number of halogens is 3. The minimum atomic E-state index is 0. The van der Waals surface area contributed by atoms with Gasteiger partial charge in [-0.3, -0.25) is 0 Å². The molecule has 2 N–H and O–H groups in total. The second-order valence-electron chi connectivity index (χ2n) is 5.83. The van der Waals surface area contributed by atoms with Gasteiger partial charge in [0.1, 0.15) is 0 Å². The molecule has 2 saturated carbocycles. The Kier molecular flexibility index (Phi) is 5.65. The van der Waals surface area contributed by atoms with E-state index in [1.165, 1.54) is 18.4 Å². The van der Waals surface area contributed by atoms with Crippen LogP contribution in [0, 0.1) is 0 Å². The van der Waals surface area contributed by atoms with Gasteiger partial charge in [-0.05, 0) is 49.3 Å². The van der Waals surface area contributed by atoms with Crippen LogP contribution in [0.25, 0.3) is 0 Å². The summed E-state index contributed by atoms with van der Waals surface area (Å²) < 4.78 is 0. The van der Waals surface area contributed by atoms with Gasteiger partial charge >= 0.3 is 0 Å². The van der Waals surface area contributed by atoms with Crippen molar-refractivity contribution in [2.75, 3.05) is 7.05 Å². The van der Waals surface area contributed by atoms with Gasteiger partial charge in [0, 0.05) is 13.1 Å². The first-order valence-electron chi connectivity index (χ1n) is 7.05. The molecule has 3 rings (SSSR count). The van der Waals surface area contributed by atoms with E-state index in [9.17, 15) is 0 Å². The lowest BCUT2D eigenvalue weighted by molar-refractivity contribution is 0.347. The average Bonchev–Trinajstić information content (AvgIpc) is 3.20. The van der Waals surface area contributed by atoms with Crippen molar-refractivity contribution in [1.29, 1.82) is 0 Å². The highest BCUT2D eigenvalue weighted by Gasteiger charge is 2.32. The zero-order valence-electron chi connectivity index (χ0n) is 11.9. The number of aliphatic imine (C=N–C) groups is 1. The maximum Gasteiger partial charge on any atom is 0.191 e. The lowest BCUT2D eigenvalue weighted by atomic mass is 9.76. The van der Waals surface area contributed by atoms with Gasteiger partial charge in [0.2, 0.25) is 0 Å². The molecule has 0 aliphatic heterocycles. The van der Waals surface area contributed by atoms with Crippen molar-refractivity contribution in [2.24, 2.45) is 10.7 Å². The third kappa shape index (κ3) is 3.96. The molecule has 0 amide bonds. The highest BCUT2D eigenvalue weighted by molar-refractivity contribution is 14.0. The average molecular weight is 440 g/mol. The lowest BCUT2D eigenvalue weighted by Gasteiger charge is -2.34. The van der Waals surface area contributed by atoms with Crippen molar-refractivity contribution in [1.82, 2.24) is 4.90 Å². The van der Waals surface area contributed by atoms with Crippen molar-refractivity contribution < 1.29 is 0 Å². The molecule has 0 spiro atoms. The van der Waals surface area contributed by atoms with E-state index in [2.05, 4.69) is 16.0 Å². The van der Waals surface area contributed by atoms with Crippen LogP contribution in [0.1, 0.15) is 37.2 Å². The Hall–Kier alpha value is -0.200. The first kappa shape index (κ1) is 17.2. The first-order valence-corrected chi connectivity index (χ1v) is 7.81. The zero-order valence-corrected chi connectivity index (χ0v) is 15.8. The molecular formula is C15H20Cl2IN3. The number of nitrogens with zero attached hydrogens (tertiary/aromatic N) is 2. The predicted molar refractivity (Wildman–Crippen MR) is 100 cm³/mol. The van der Waals surface area contributed by atoms with E-state index in [0.29, 0.717) is 34.0 Å². The van der Waals surface area contributed by atoms with Gasteiger partial charge in [0.05, 0.1) is 16.1 Å². The molecular weight excluding hydrogens is 420 g/mol. The Morgan fingerprint density at radius 1 is 1.24 bits per heavy atom. The summed E-state index contributed by atoms with van der Waals surface area (Å²) in [6.07, 6.45) is 4.56. The van der Waals surface area contributed by atoms with Gasteiger partial charge in [-0.15, -0.1) is 24.0 Å². The SMILES string of the molecule is CN(C(N)=NC1CC(c2ccc(Cl)c(Cl)c2)C1)C1CC1.I. The Morgan fingerprint density at radius 2 is 1.90 bits per heavy atom. The van der Waals surface area contributed by atoms with Gasteiger partial charge in [-0.2, -0.15) is 0 Å². The van der Waals surface area contributed by atoms with Crippen molar-refractivity contribution in [3.05, 3.63) is 33.8 Å². The van der Waals surface area contributed by atoms with Crippen molar-refractivity contribution in [3.8, 4) is 0 Å². The molecule has 0 saturated heterocycles. The Morgan fingerprint density at radius 3 is 2.48 bits per heavy atom. The molecule has 6 heteroatoms. The van der Waals surface area contributed by atoms with Gasteiger partial charge in [0.15, 0.2) is 5.96 Å². The van der Waals surface area contributed by atoms with E-state index >= 15 is 0 Å². The standard InChI is InChI=1S/C15H19Cl2N3.HI/c1-20(12-3-4-12)15(18)19-11-6-10(7-11)9-2-5-13(16)14(17)8-9;/h2,5,8,10-12H,3-4,6-7H2,1H3,(H2,18,19);1H. The molecule has 0 radical (unpaired) electrons. The van der Waals surface area contributed by atoms with Crippen LogP contribution in [0.3, 0.4) is 0 Å². The lowest BCUT2D eigenvalue weighted by Crippen LogP contribution is -2.38. The molecule has 0 atom stereocenters. The van der Waals surface area contributed by atoms with E-state index in [1.807, 2.05) is 19.2 Å². The quantitative estimate of drug-likeness (QED) is 0.434. The summed E-state index contributed by atoms with van der Waals surface area (Å²) in [6.45, 7) is 0. The number of hydrogen-bond donors (Lipinski definition) is 1. The molecule has 0 heterocycles. The summed E-state index contributed by atoms with van der Waals surface area (Å²) in [6, 6.07) is 6.85. The highest BCUT2D eigenvalue weighted by atomic mass is 127. The number of rotatable bonds is 3. The largest absolute Gasteiger partial charge is 0.370 e. The molecule has 2 aliphatic rings. The zero-order chi connectivity index (χ0) is 14.3. The van der Waals surface area contributed by atoms with Crippen LogP contribution in [0.5, 0.6) is 0 Å². The molecule has 3 nitrogen and oxygen atoms in total. The van der Waals surface area contributed by atoms with E-state index < -0.39 is 0 Å². The van der Waals surface area contributed by atoms with Crippen molar-refractivity contribution >= 4 is 53.1 Å². The van der Waals surface area contributed by atoms with Gasteiger partial charge in [-0.25, -0.2) is 4.99 Å². The van der Waals surface area contributed by atoms with E-state index in [1.54, 1.807) is 0 Å². The summed E-state index contributed by atoms with van der Waals surface area (Å²) in [5, 5.41) is 1.24. The highest BCUT2D eigenvalue weighted by Crippen LogP contribution is 2.40. The maximum absolute atomic E-state index is 6.06. The third-order valence-corrected chi connectivity index (χ3v) is 5.04.